The second kappa shape index (κ2) is 9.89. The zero-order chi connectivity index (χ0) is 23.5. The van der Waals surface area contributed by atoms with E-state index in [-0.39, 0.29) is 41.6 Å². The SMILES string of the molecule is O=C(N[C@H]1C[C@H]2C(=O)NC[C@@H](CCC(=O)N3CCN(c4ccccc4)CC3)N2C1)c1ccco1. The van der Waals surface area contributed by atoms with Gasteiger partial charge in [-0.1, -0.05) is 18.2 Å². The minimum absolute atomic E-state index is 0.00522. The molecule has 3 aliphatic heterocycles. The van der Waals surface area contributed by atoms with Gasteiger partial charge in [-0.3, -0.25) is 19.3 Å². The Morgan fingerprint density at radius 2 is 1.85 bits per heavy atom. The van der Waals surface area contributed by atoms with E-state index in [0.29, 0.717) is 32.4 Å². The largest absolute Gasteiger partial charge is 0.459 e. The molecule has 9 nitrogen and oxygen atoms in total. The molecule has 1 aromatic heterocycles. The maximum atomic E-state index is 12.9. The van der Waals surface area contributed by atoms with Crippen LogP contribution in [0.3, 0.4) is 0 Å². The monoisotopic (exact) mass is 465 g/mol. The molecule has 1 aromatic carbocycles. The Kier molecular flexibility index (Phi) is 6.53. The lowest BCUT2D eigenvalue weighted by Crippen LogP contribution is -2.58. The topological polar surface area (TPSA) is 98.1 Å². The molecule has 0 aliphatic carbocycles. The van der Waals surface area contributed by atoms with Crippen LogP contribution < -0.4 is 15.5 Å². The van der Waals surface area contributed by atoms with Crippen molar-refractivity contribution in [1.29, 1.82) is 0 Å². The lowest BCUT2D eigenvalue weighted by Gasteiger charge is -2.38. The molecule has 4 heterocycles. The van der Waals surface area contributed by atoms with Crippen molar-refractivity contribution in [2.24, 2.45) is 0 Å². The van der Waals surface area contributed by atoms with Crippen LogP contribution in [0.2, 0.25) is 0 Å². The molecule has 34 heavy (non-hydrogen) atoms. The number of para-hydroxylation sites is 1. The van der Waals surface area contributed by atoms with Crippen LogP contribution in [-0.4, -0.2) is 84.9 Å². The molecule has 0 unspecified atom stereocenters. The summed E-state index contributed by atoms with van der Waals surface area (Å²) in [4.78, 5) is 44.1. The number of amides is 3. The summed E-state index contributed by atoms with van der Waals surface area (Å²) < 4.78 is 5.17. The third kappa shape index (κ3) is 4.79. The Morgan fingerprint density at radius 3 is 2.59 bits per heavy atom. The summed E-state index contributed by atoms with van der Waals surface area (Å²) >= 11 is 0. The molecule has 3 saturated heterocycles. The maximum absolute atomic E-state index is 12.9. The predicted molar refractivity (Wildman–Crippen MR) is 126 cm³/mol. The standard InChI is InChI=1S/C25H31N5O4/c31-23(29-12-10-28(11-13-29)19-5-2-1-3-6-19)9-8-20-16-26-24(32)21-15-18(17-30(20)21)27-25(33)22-7-4-14-34-22/h1-7,14,18,20-21H,8-13,15-17H2,(H,26,32)(H,27,33)/t18-,20+,21-/m0/s1. The molecule has 2 aromatic rings. The van der Waals surface area contributed by atoms with E-state index in [2.05, 4.69) is 32.6 Å². The molecule has 3 fully saturated rings. The third-order valence-electron chi connectivity index (χ3n) is 7.15. The van der Waals surface area contributed by atoms with Gasteiger partial charge in [-0.25, -0.2) is 0 Å². The van der Waals surface area contributed by atoms with Crippen LogP contribution in [0, 0.1) is 0 Å². The fourth-order valence-corrected chi connectivity index (χ4v) is 5.31. The smallest absolute Gasteiger partial charge is 0.287 e. The quantitative estimate of drug-likeness (QED) is 0.663. The average Bonchev–Trinajstić information content (AvgIpc) is 3.55. The Bertz CT molecular complexity index is 1000. The van der Waals surface area contributed by atoms with E-state index < -0.39 is 0 Å². The van der Waals surface area contributed by atoms with Gasteiger partial charge < -0.3 is 24.9 Å². The third-order valence-corrected chi connectivity index (χ3v) is 7.15. The van der Waals surface area contributed by atoms with Gasteiger partial charge in [-0.2, -0.15) is 0 Å². The number of nitrogens with one attached hydrogen (secondary N) is 2. The number of carbonyl (C=O) groups excluding carboxylic acids is 3. The number of carbonyl (C=O) groups is 3. The molecule has 180 valence electrons. The van der Waals surface area contributed by atoms with Gasteiger partial charge in [0.1, 0.15) is 0 Å². The van der Waals surface area contributed by atoms with Gasteiger partial charge in [0.15, 0.2) is 5.76 Å². The molecule has 3 aliphatic rings. The van der Waals surface area contributed by atoms with Crippen LogP contribution in [0.25, 0.3) is 0 Å². The normalized spacial score (nSPS) is 25.1. The van der Waals surface area contributed by atoms with Crippen LogP contribution in [0.4, 0.5) is 5.69 Å². The molecule has 3 atom stereocenters. The first-order valence-electron chi connectivity index (χ1n) is 12.0. The molecule has 2 N–H and O–H groups in total. The molecular weight excluding hydrogens is 434 g/mol. The van der Waals surface area contributed by atoms with Crippen LogP contribution in [-0.2, 0) is 9.59 Å². The highest BCUT2D eigenvalue weighted by Crippen LogP contribution is 2.26. The van der Waals surface area contributed by atoms with E-state index in [1.165, 1.54) is 12.0 Å². The van der Waals surface area contributed by atoms with E-state index >= 15 is 0 Å². The molecule has 9 heteroatoms. The van der Waals surface area contributed by atoms with Crippen molar-refractivity contribution in [3.05, 3.63) is 54.5 Å². The van der Waals surface area contributed by atoms with Gasteiger partial charge in [0.05, 0.1) is 12.3 Å². The van der Waals surface area contributed by atoms with Crippen molar-refractivity contribution in [1.82, 2.24) is 20.4 Å². The van der Waals surface area contributed by atoms with E-state index in [1.54, 1.807) is 12.1 Å². The summed E-state index contributed by atoms with van der Waals surface area (Å²) in [5, 5.41) is 5.97. The number of fused-ring (bicyclic) bond motifs is 1. The van der Waals surface area contributed by atoms with Crippen molar-refractivity contribution in [3.63, 3.8) is 0 Å². The highest BCUT2D eigenvalue weighted by molar-refractivity contribution is 5.91. The van der Waals surface area contributed by atoms with Crippen molar-refractivity contribution in [2.75, 3.05) is 44.2 Å². The molecule has 5 rings (SSSR count). The summed E-state index contributed by atoms with van der Waals surface area (Å²) in [5.74, 6) is 0.165. The number of rotatable bonds is 6. The van der Waals surface area contributed by atoms with Gasteiger partial charge >= 0.3 is 0 Å². The summed E-state index contributed by atoms with van der Waals surface area (Å²) in [6, 6.07) is 13.3. The van der Waals surface area contributed by atoms with Gasteiger partial charge in [0.2, 0.25) is 11.8 Å². The Hall–Kier alpha value is -3.33. The van der Waals surface area contributed by atoms with E-state index in [0.717, 1.165) is 26.2 Å². The average molecular weight is 466 g/mol. The van der Waals surface area contributed by atoms with Crippen LogP contribution in [0.5, 0.6) is 0 Å². The molecule has 3 amide bonds. The molecular formula is C25H31N5O4. The number of anilines is 1. The number of benzene rings is 1. The summed E-state index contributed by atoms with van der Waals surface area (Å²) in [6.07, 6.45) is 3.17. The minimum Gasteiger partial charge on any atom is -0.459 e. The summed E-state index contributed by atoms with van der Waals surface area (Å²) in [7, 11) is 0. The Balaban J connectivity index is 1.12. The van der Waals surface area contributed by atoms with Crippen LogP contribution in [0.15, 0.2) is 53.1 Å². The van der Waals surface area contributed by atoms with Gasteiger partial charge in [-0.15, -0.1) is 0 Å². The highest BCUT2D eigenvalue weighted by Gasteiger charge is 2.44. The van der Waals surface area contributed by atoms with Gasteiger partial charge in [-0.05, 0) is 37.1 Å². The minimum atomic E-state index is -0.273. The number of furan rings is 1. The number of piperazine rings is 2. The molecule has 0 radical (unpaired) electrons. The first-order valence-corrected chi connectivity index (χ1v) is 12.0. The second-order valence-electron chi connectivity index (χ2n) is 9.24. The highest BCUT2D eigenvalue weighted by atomic mass is 16.3. The fraction of sp³-hybridized carbons (Fsp3) is 0.480. The van der Waals surface area contributed by atoms with Crippen LogP contribution in [0.1, 0.15) is 29.8 Å². The van der Waals surface area contributed by atoms with Crippen molar-refractivity contribution < 1.29 is 18.8 Å². The van der Waals surface area contributed by atoms with Crippen molar-refractivity contribution in [2.45, 2.75) is 37.4 Å². The van der Waals surface area contributed by atoms with Gasteiger partial charge in [0, 0.05) is 63.5 Å². The molecule has 0 spiro atoms. The second-order valence-corrected chi connectivity index (χ2v) is 9.24. The lowest BCUT2D eigenvalue weighted by molar-refractivity contribution is -0.132. The van der Waals surface area contributed by atoms with E-state index in [4.69, 9.17) is 4.42 Å². The first-order chi connectivity index (χ1) is 16.6. The van der Waals surface area contributed by atoms with E-state index in [9.17, 15) is 14.4 Å². The predicted octanol–water partition coefficient (Wildman–Crippen LogP) is 1.08. The van der Waals surface area contributed by atoms with Crippen LogP contribution >= 0.6 is 0 Å². The van der Waals surface area contributed by atoms with Gasteiger partial charge in [0.25, 0.3) is 5.91 Å². The Labute approximate surface area is 199 Å². The zero-order valence-corrected chi connectivity index (χ0v) is 19.2. The number of hydrogen-bond donors (Lipinski definition) is 2. The zero-order valence-electron chi connectivity index (χ0n) is 19.2. The van der Waals surface area contributed by atoms with Crippen molar-refractivity contribution in [3.8, 4) is 0 Å². The molecule has 0 saturated carbocycles. The summed E-state index contributed by atoms with van der Waals surface area (Å²) in [6.45, 7) is 4.24. The Morgan fingerprint density at radius 1 is 1.06 bits per heavy atom. The molecule has 0 bridgehead atoms. The summed E-state index contributed by atoms with van der Waals surface area (Å²) in [5.41, 5.74) is 1.20. The maximum Gasteiger partial charge on any atom is 0.287 e. The van der Waals surface area contributed by atoms with E-state index in [1.807, 2.05) is 23.1 Å². The first kappa shape index (κ1) is 22.5. The number of nitrogens with zero attached hydrogens (tertiary/aromatic N) is 3. The van der Waals surface area contributed by atoms with Crippen molar-refractivity contribution >= 4 is 23.4 Å². The lowest BCUT2D eigenvalue weighted by atomic mass is 10.0. The fourth-order valence-electron chi connectivity index (χ4n) is 5.31. The number of hydrogen-bond acceptors (Lipinski definition) is 6.